The Labute approximate surface area is 159 Å². The summed E-state index contributed by atoms with van der Waals surface area (Å²) < 4.78 is 5.33. The largest absolute Gasteiger partial charge is 0.497 e. The monoisotopic (exact) mass is 364 g/mol. The minimum absolute atomic E-state index is 0.0448. The van der Waals surface area contributed by atoms with Gasteiger partial charge < -0.3 is 19.5 Å². The predicted octanol–water partition coefficient (Wildman–Crippen LogP) is 2.15. The van der Waals surface area contributed by atoms with Crippen LogP contribution in [0, 0.1) is 0 Å². The highest BCUT2D eigenvalue weighted by Crippen LogP contribution is 2.21. The molecule has 1 atom stereocenters. The molecule has 0 saturated carbocycles. The van der Waals surface area contributed by atoms with Gasteiger partial charge in [0.15, 0.2) is 0 Å². The predicted molar refractivity (Wildman–Crippen MR) is 108 cm³/mol. The van der Waals surface area contributed by atoms with E-state index in [1.807, 2.05) is 42.6 Å². The van der Waals surface area contributed by atoms with Gasteiger partial charge in [0.05, 0.1) is 33.3 Å². The number of anilines is 1. The molecule has 27 heavy (non-hydrogen) atoms. The molecule has 2 heterocycles. The maximum Gasteiger partial charge on any atom is 0.221 e. The summed E-state index contributed by atoms with van der Waals surface area (Å²) in [6, 6.07) is 16.1. The third-order valence-corrected chi connectivity index (χ3v) is 5.68. The van der Waals surface area contributed by atoms with Crippen molar-refractivity contribution in [2.45, 2.75) is 13.0 Å². The van der Waals surface area contributed by atoms with Gasteiger partial charge in [-0.25, -0.2) is 0 Å². The zero-order valence-electron chi connectivity index (χ0n) is 15.9. The molecule has 0 unspecified atom stereocenters. The topological polar surface area (TPSA) is 49.8 Å². The molecule has 3 aromatic rings. The second kappa shape index (κ2) is 7.45. The number of nitrogens with zero attached hydrogens (tertiary/aromatic N) is 1. The lowest BCUT2D eigenvalue weighted by atomic mass is 10.0. The summed E-state index contributed by atoms with van der Waals surface area (Å²) in [7, 11) is 1.69. The number of aromatic amines is 1. The van der Waals surface area contributed by atoms with E-state index in [2.05, 4.69) is 28.9 Å². The van der Waals surface area contributed by atoms with Crippen LogP contribution in [0.1, 0.15) is 17.3 Å². The normalized spacial score (nSPS) is 16.4. The second-order valence-electron chi connectivity index (χ2n) is 7.18. The number of piperazine rings is 1. The molecule has 0 amide bonds. The molecular weight excluding hydrogens is 338 g/mol. The second-order valence-corrected chi connectivity index (χ2v) is 7.18. The number of nitrogens with one attached hydrogen (secondary N) is 2. The van der Waals surface area contributed by atoms with Gasteiger partial charge in [-0.3, -0.25) is 4.79 Å². The lowest BCUT2D eigenvalue weighted by Gasteiger charge is -2.36. The number of quaternary nitrogens is 1. The molecule has 1 aliphatic rings. The van der Waals surface area contributed by atoms with Gasteiger partial charge in [0.25, 0.3) is 0 Å². The number of H-pyrrole nitrogens is 1. The van der Waals surface area contributed by atoms with Gasteiger partial charge in [-0.2, -0.15) is 0 Å². The molecule has 4 rings (SSSR count). The van der Waals surface area contributed by atoms with Crippen molar-refractivity contribution in [3.8, 4) is 5.75 Å². The zero-order chi connectivity index (χ0) is 18.8. The highest BCUT2D eigenvalue weighted by molar-refractivity contribution is 6.09. The smallest absolute Gasteiger partial charge is 0.221 e. The van der Waals surface area contributed by atoms with Gasteiger partial charge in [0.2, 0.25) is 5.78 Å². The van der Waals surface area contributed by atoms with E-state index in [4.69, 9.17) is 4.74 Å². The number of hydrogen-bond donors (Lipinski definition) is 2. The Bertz CT molecular complexity index is 941. The van der Waals surface area contributed by atoms with Crippen LogP contribution in [-0.2, 0) is 0 Å². The molecule has 1 aliphatic heterocycles. The Balaban J connectivity index is 1.43. The molecule has 2 aromatic carbocycles. The molecule has 0 bridgehead atoms. The highest BCUT2D eigenvalue weighted by atomic mass is 16.5. The van der Waals surface area contributed by atoms with E-state index < -0.39 is 0 Å². The first-order chi connectivity index (χ1) is 13.2. The summed E-state index contributed by atoms with van der Waals surface area (Å²) in [6.07, 6.45) is 1.86. The van der Waals surface area contributed by atoms with Crippen LogP contribution < -0.4 is 14.5 Å². The van der Waals surface area contributed by atoms with E-state index >= 15 is 0 Å². The first kappa shape index (κ1) is 17.6. The fraction of sp³-hybridized carbons (Fsp3) is 0.318. The number of rotatable bonds is 5. The molecule has 2 N–H and O–H groups in total. The number of carbonyl (C=O) groups excluding carboxylic acids is 1. The standard InChI is InChI=1S/C22H25N3O2/c1-16(22(26)20-15-23-21-9-4-3-8-19(20)21)24-10-12-25(13-11-24)17-6-5-7-18(14-17)27-2/h3-9,14-16,23H,10-13H2,1-2H3/p+1/t16-/m0/s1. The summed E-state index contributed by atoms with van der Waals surface area (Å²) in [5.74, 6) is 1.10. The molecule has 140 valence electrons. The van der Waals surface area contributed by atoms with Crippen LogP contribution in [-0.4, -0.2) is 50.1 Å². The van der Waals surface area contributed by atoms with Crippen LogP contribution in [0.4, 0.5) is 5.69 Å². The fourth-order valence-electron chi connectivity index (χ4n) is 3.99. The van der Waals surface area contributed by atoms with E-state index in [1.165, 1.54) is 10.6 Å². The number of Topliss-reactive ketones (excluding diaryl/α,β-unsaturated/α-hetero) is 1. The number of methoxy groups -OCH3 is 1. The minimum Gasteiger partial charge on any atom is -0.497 e. The molecule has 5 heteroatoms. The Morgan fingerprint density at radius 2 is 1.93 bits per heavy atom. The van der Waals surface area contributed by atoms with E-state index in [0.717, 1.165) is 48.4 Å². The number of aromatic nitrogens is 1. The van der Waals surface area contributed by atoms with Crippen LogP contribution in [0.5, 0.6) is 5.75 Å². The molecule has 0 spiro atoms. The van der Waals surface area contributed by atoms with Crippen molar-refractivity contribution >= 4 is 22.4 Å². The van der Waals surface area contributed by atoms with Gasteiger partial charge in [-0.05, 0) is 25.1 Å². The van der Waals surface area contributed by atoms with Gasteiger partial charge >= 0.3 is 0 Å². The van der Waals surface area contributed by atoms with E-state index in [0.29, 0.717) is 0 Å². The third kappa shape index (κ3) is 3.43. The molecule has 5 nitrogen and oxygen atoms in total. The zero-order valence-corrected chi connectivity index (χ0v) is 15.9. The highest BCUT2D eigenvalue weighted by Gasteiger charge is 2.31. The van der Waals surface area contributed by atoms with Crippen LogP contribution in [0.2, 0.25) is 0 Å². The van der Waals surface area contributed by atoms with E-state index in [1.54, 1.807) is 7.11 Å². The number of hydrogen-bond acceptors (Lipinski definition) is 3. The van der Waals surface area contributed by atoms with Crippen molar-refractivity contribution in [2.24, 2.45) is 0 Å². The van der Waals surface area contributed by atoms with Crippen LogP contribution in [0.25, 0.3) is 10.9 Å². The maximum atomic E-state index is 13.1. The van der Waals surface area contributed by atoms with Gasteiger partial charge in [-0.15, -0.1) is 0 Å². The van der Waals surface area contributed by atoms with Crippen LogP contribution in [0.3, 0.4) is 0 Å². The Hall–Kier alpha value is -2.79. The first-order valence-corrected chi connectivity index (χ1v) is 9.51. The molecule has 1 aromatic heterocycles. The Kier molecular flexibility index (Phi) is 4.86. The minimum atomic E-state index is -0.0448. The van der Waals surface area contributed by atoms with E-state index in [9.17, 15) is 4.79 Å². The number of ether oxygens (including phenoxy) is 1. The number of carbonyl (C=O) groups is 1. The molecule has 1 saturated heterocycles. The average Bonchev–Trinajstić information content (AvgIpc) is 3.17. The first-order valence-electron chi connectivity index (χ1n) is 9.51. The van der Waals surface area contributed by atoms with Gasteiger partial charge in [0.1, 0.15) is 11.8 Å². The lowest BCUT2D eigenvalue weighted by molar-refractivity contribution is -0.914. The van der Waals surface area contributed by atoms with Crippen molar-refractivity contribution in [1.82, 2.24) is 4.98 Å². The lowest BCUT2D eigenvalue weighted by Crippen LogP contribution is -3.18. The average molecular weight is 364 g/mol. The third-order valence-electron chi connectivity index (χ3n) is 5.68. The van der Waals surface area contributed by atoms with Crippen molar-refractivity contribution in [2.75, 3.05) is 38.2 Å². The summed E-state index contributed by atoms with van der Waals surface area (Å²) in [5.41, 5.74) is 3.01. The summed E-state index contributed by atoms with van der Waals surface area (Å²) >= 11 is 0. The Morgan fingerprint density at radius 3 is 2.70 bits per heavy atom. The summed E-state index contributed by atoms with van der Waals surface area (Å²) in [6.45, 7) is 5.83. The van der Waals surface area contributed by atoms with Crippen molar-refractivity contribution in [3.05, 3.63) is 60.3 Å². The fourth-order valence-corrected chi connectivity index (χ4v) is 3.99. The summed E-state index contributed by atoms with van der Waals surface area (Å²) in [5, 5.41) is 1.02. The maximum absolute atomic E-state index is 13.1. The van der Waals surface area contributed by atoms with Gasteiger partial charge in [0, 0.05) is 34.4 Å². The Morgan fingerprint density at radius 1 is 1.15 bits per heavy atom. The quantitative estimate of drug-likeness (QED) is 0.682. The van der Waals surface area contributed by atoms with Crippen molar-refractivity contribution in [3.63, 3.8) is 0 Å². The molecule has 0 aliphatic carbocycles. The van der Waals surface area contributed by atoms with Crippen LogP contribution in [0.15, 0.2) is 54.7 Å². The summed E-state index contributed by atoms with van der Waals surface area (Å²) in [4.78, 5) is 20.0. The SMILES string of the molecule is COc1cccc(N2CC[NH+]([C@@H](C)C(=O)c3c[nH]c4ccccc34)CC2)c1. The van der Waals surface area contributed by atoms with Crippen molar-refractivity contribution < 1.29 is 14.4 Å². The number of para-hydroxylation sites is 1. The number of benzene rings is 2. The molecular formula is C22H26N3O2+. The molecule has 0 radical (unpaired) electrons. The van der Waals surface area contributed by atoms with E-state index in [-0.39, 0.29) is 11.8 Å². The number of fused-ring (bicyclic) bond motifs is 1. The molecule has 1 fully saturated rings. The van der Waals surface area contributed by atoms with Crippen LogP contribution >= 0.6 is 0 Å². The van der Waals surface area contributed by atoms with Gasteiger partial charge in [-0.1, -0.05) is 24.3 Å². The van der Waals surface area contributed by atoms with Crippen molar-refractivity contribution in [1.29, 1.82) is 0 Å². The number of ketones is 1.